The molecule has 1 aromatic rings. The Morgan fingerprint density at radius 2 is 2.22 bits per heavy atom. The van der Waals surface area contributed by atoms with Crippen LogP contribution in [0, 0.1) is 0 Å². The van der Waals surface area contributed by atoms with Gasteiger partial charge in [-0.1, -0.05) is 0 Å². The molecule has 0 aliphatic carbocycles. The van der Waals surface area contributed by atoms with E-state index in [9.17, 15) is 13.5 Å². The number of anilines is 1. The second-order valence-corrected chi connectivity index (χ2v) is 6.12. The average molecular weight is 272 g/mol. The van der Waals surface area contributed by atoms with Crippen LogP contribution in [0.4, 0.5) is 5.69 Å². The van der Waals surface area contributed by atoms with Crippen LogP contribution in [0.3, 0.4) is 0 Å². The fourth-order valence-corrected chi connectivity index (χ4v) is 3.59. The maximum absolute atomic E-state index is 12.4. The number of nitrogens with two attached hydrogens (primary N) is 1. The summed E-state index contributed by atoms with van der Waals surface area (Å²) in [5, 5.41) is 9.42. The van der Waals surface area contributed by atoms with Gasteiger partial charge in [0, 0.05) is 24.8 Å². The van der Waals surface area contributed by atoms with E-state index >= 15 is 0 Å². The van der Waals surface area contributed by atoms with Gasteiger partial charge in [-0.15, -0.1) is 0 Å². The van der Waals surface area contributed by atoms with E-state index in [4.69, 9.17) is 10.5 Å². The lowest BCUT2D eigenvalue weighted by Crippen LogP contribution is -2.30. The van der Waals surface area contributed by atoms with Gasteiger partial charge in [-0.3, -0.25) is 0 Å². The minimum atomic E-state index is -3.64. The van der Waals surface area contributed by atoms with Gasteiger partial charge in [-0.2, -0.15) is 4.31 Å². The second-order valence-electron chi connectivity index (χ2n) is 4.22. The van der Waals surface area contributed by atoms with Crippen LogP contribution in [0.1, 0.15) is 6.42 Å². The van der Waals surface area contributed by atoms with E-state index in [1.165, 1.54) is 29.6 Å². The Morgan fingerprint density at radius 1 is 1.50 bits per heavy atom. The minimum Gasteiger partial charge on any atom is -0.495 e. The van der Waals surface area contributed by atoms with Gasteiger partial charge in [0.2, 0.25) is 10.0 Å². The molecule has 0 bridgehead atoms. The molecule has 7 heteroatoms. The molecule has 0 spiro atoms. The highest BCUT2D eigenvalue weighted by Gasteiger charge is 2.33. The first-order valence-corrected chi connectivity index (χ1v) is 7.01. The third-order valence-corrected chi connectivity index (χ3v) is 4.84. The molecule has 1 saturated heterocycles. The molecule has 1 heterocycles. The number of β-amino-alcohol motifs (C(OH)–C–C–N with tert-alkyl or cyclic N) is 1. The molecule has 3 N–H and O–H groups in total. The van der Waals surface area contributed by atoms with Crippen LogP contribution >= 0.6 is 0 Å². The summed E-state index contributed by atoms with van der Waals surface area (Å²) in [6.45, 7) is 0.437. The second kappa shape index (κ2) is 4.75. The quantitative estimate of drug-likeness (QED) is 0.757. The fraction of sp³-hybridized carbons (Fsp3) is 0.455. The average Bonchev–Trinajstić information content (AvgIpc) is 2.76. The van der Waals surface area contributed by atoms with E-state index in [0.717, 1.165) is 0 Å². The summed E-state index contributed by atoms with van der Waals surface area (Å²) in [6.07, 6.45) is -0.143. The Hall–Kier alpha value is -1.31. The SMILES string of the molecule is COc1cc(N)ccc1S(=O)(=O)N1CCC(O)C1. The summed E-state index contributed by atoms with van der Waals surface area (Å²) in [7, 11) is -2.24. The number of sulfonamides is 1. The van der Waals surface area contributed by atoms with Crippen LogP contribution in [-0.2, 0) is 10.0 Å². The number of ether oxygens (including phenoxy) is 1. The van der Waals surface area contributed by atoms with Crippen LogP contribution in [0.25, 0.3) is 0 Å². The van der Waals surface area contributed by atoms with Crippen molar-refractivity contribution in [1.29, 1.82) is 0 Å². The van der Waals surface area contributed by atoms with Gasteiger partial charge in [0.1, 0.15) is 10.6 Å². The first kappa shape index (κ1) is 13.1. The summed E-state index contributed by atoms with van der Waals surface area (Å²) < 4.78 is 31.0. The van der Waals surface area contributed by atoms with Crippen LogP contribution < -0.4 is 10.5 Å². The maximum atomic E-state index is 12.4. The highest BCUT2D eigenvalue weighted by atomic mass is 32.2. The molecule has 18 heavy (non-hydrogen) atoms. The van der Waals surface area contributed by atoms with E-state index in [-0.39, 0.29) is 17.2 Å². The number of hydrogen-bond acceptors (Lipinski definition) is 5. The summed E-state index contributed by atoms with van der Waals surface area (Å²) in [4.78, 5) is 0.0771. The largest absolute Gasteiger partial charge is 0.495 e. The normalized spacial score (nSPS) is 21.1. The molecule has 1 aromatic carbocycles. The van der Waals surface area contributed by atoms with E-state index in [1.807, 2.05) is 0 Å². The number of nitrogens with zero attached hydrogens (tertiary/aromatic N) is 1. The van der Waals surface area contributed by atoms with Crippen molar-refractivity contribution in [2.45, 2.75) is 17.4 Å². The Labute approximate surface area is 106 Å². The van der Waals surface area contributed by atoms with Gasteiger partial charge in [0.05, 0.1) is 13.2 Å². The van der Waals surface area contributed by atoms with E-state index in [1.54, 1.807) is 0 Å². The summed E-state index contributed by atoms with van der Waals surface area (Å²) in [5.74, 6) is 0.219. The molecule has 100 valence electrons. The lowest BCUT2D eigenvalue weighted by molar-refractivity contribution is 0.189. The van der Waals surface area contributed by atoms with Gasteiger partial charge in [0.25, 0.3) is 0 Å². The van der Waals surface area contributed by atoms with Gasteiger partial charge >= 0.3 is 0 Å². The Balaban J connectivity index is 2.41. The third kappa shape index (κ3) is 2.29. The van der Waals surface area contributed by atoms with Crippen molar-refractivity contribution in [3.8, 4) is 5.75 Å². The maximum Gasteiger partial charge on any atom is 0.246 e. The van der Waals surface area contributed by atoms with Crippen LogP contribution in [0.15, 0.2) is 23.1 Å². The number of rotatable bonds is 3. The van der Waals surface area contributed by atoms with Crippen molar-refractivity contribution in [1.82, 2.24) is 4.31 Å². The number of methoxy groups -OCH3 is 1. The number of nitrogen functional groups attached to an aromatic ring is 1. The lowest BCUT2D eigenvalue weighted by Gasteiger charge is -2.17. The lowest BCUT2D eigenvalue weighted by atomic mass is 10.3. The van der Waals surface area contributed by atoms with E-state index in [0.29, 0.717) is 18.7 Å². The topological polar surface area (TPSA) is 92.9 Å². The minimum absolute atomic E-state index is 0.0771. The van der Waals surface area contributed by atoms with Gasteiger partial charge in [-0.25, -0.2) is 8.42 Å². The molecular weight excluding hydrogens is 256 g/mol. The highest BCUT2D eigenvalue weighted by molar-refractivity contribution is 7.89. The zero-order valence-corrected chi connectivity index (χ0v) is 10.9. The molecule has 1 unspecified atom stereocenters. The van der Waals surface area contributed by atoms with E-state index in [2.05, 4.69) is 0 Å². The van der Waals surface area contributed by atoms with Crippen molar-refractivity contribution < 1.29 is 18.3 Å². The third-order valence-electron chi connectivity index (χ3n) is 2.93. The molecule has 0 saturated carbocycles. The predicted octanol–water partition coefficient (Wildman–Crippen LogP) is 0.0327. The summed E-state index contributed by atoms with van der Waals surface area (Å²) in [5.41, 5.74) is 6.03. The number of hydrogen-bond donors (Lipinski definition) is 2. The van der Waals surface area contributed by atoms with Crippen molar-refractivity contribution >= 4 is 15.7 Å². The zero-order valence-electron chi connectivity index (χ0n) is 10.0. The summed E-state index contributed by atoms with van der Waals surface area (Å²) in [6, 6.07) is 4.41. The van der Waals surface area contributed by atoms with Crippen molar-refractivity contribution in [2.75, 3.05) is 25.9 Å². The van der Waals surface area contributed by atoms with Gasteiger partial charge in [0.15, 0.2) is 0 Å². The van der Waals surface area contributed by atoms with Crippen molar-refractivity contribution in [2.24, 2.45) is 0 Å². The smallest absolute Gasteiger partial charge is 0.246 e. The van der Waals surface area contributed by atoms with Crippen molar-refractivity contribution in [3.63, 3.8) is 0 Å². The van der Waals surface area contributed by atoms with Crippen LogP contribution in [-0.4, -0.2) is 44.1 Å². The molecule has 1 aliphatic heterocycles. The van der Waals surface area contributed by atoms with Gasteiger partial charge < -0.3 is 15.6 Å². The van der Waals surface area contributed by atoms with E-state index < -0.39 is 16.1 Å². The first-order chi connectivity index (χ1) is 8.45. The number of aliphatic hydroxyl groups excluding tert-OH is 1. The highest BCUT2D eigenvalue weighted by Crippen LogP contribution is 2.30. The molecule has 0 amide bonds. The molecule has 2 rings (SSSR count). The molecule has 1 atom stereocenters. The van der Waals surface area contributed by atoms with Crippen LogP contribution in [0.2, 0.25) is 0 Å². The molecule has 0 radical (unpaired) electrons. The molecular formula is C11H16N2O4S. The Morgan fingerprint density at radius 3 is 2.78 bits per heavy atom. The molecule has 1 aliphatic rings. The Bertz CT molecular complexity index is 544. The molecule has 1 fully saturated rings. The van der Waals surface area contributed by atoms with Gasteiger partial charge in [-0.05, 0) is 18.6 Å². The Kier molecular flexibility index (Phi) is 3.47. The number of benzene rings is 1. The zero-order chi connectivity index (χ0) is 13.3. The monoisotopic (exact) mass is 272 g/mol. The first-order valence-electron chi connectivity index (χ1n) is 5.57. The molecule has 6 nitrogen and oxygen atoms in total. The van der Waals surface area contributed by atoms with Crippen molar-refractivity contribution in [3.05, 3.63) is 18.2 Å². The molecule has 0 aromatic heterocycles. The van der Waals surface area contributed by atoms with Crippen LogP contribution in [0.5, 0.6) is 5.75 Å². The number of aliphatic hydroxyl groups is 1. The predicted molar refractivity (Wildman–Crippen MR) is 66.8 cm³/mol. The standard InChI is InChI=1S/C11H16N2O4S/c1-17-10-6-8(12)2-3-11(10)18(15,16)13-5-4-9(14)7-13/h2-3,6,9,14H,4-5,7,12H2,1H3. The fourth-order valence-electron chi connectivity index (χ4n) is 1.97. The summed E-state index contributed by atoms with van der Waals surface area (Å²) >= 11 is 0.